The van der Waals surface area contributed by atoms with Crippen molar-refractivity contribution in [2.75, 3.05) is 29.2 Å². The topological polar surface area (TPSA) is 32.3 Å². The Bertz CT molecular complexity index is 543. The van der Waals surface area contributed by atoms with Crippen LogP contribution >= 0.6 is 11.6 Å². The van der Waals surface area contributed by atoms with Crippen molar-refractivity contribution < 1.29 is 18.0 Å². The van der Waals surface area contributed by atoms with Crippen LogP contribution in [0.25, 0.3) is 0 Å². The molecule has 23 heavy (non-hydrogen) atoms. The Morgan fingerprint density at radius 2 is 1.91 bits per heavy atom. The predicted molar refractivity (Wildman–Crippen MR) is 86.1 cm³/mol. The number of nitrogens with one attached hydrogen (secondary N) is 1. The van der Waals surface area contributed by atoms with Crippen molar-refractivity contribution in [2.24, 2.45) is 0 Å². The molecule has 128 valence electrons. The first-order valence-electron chi connectivity index (χ1n) is 7.74. The minimum absolute atomic E-state index is 0.194. The molecule has 3 nitrogen and oxygen atoms in total. The highest BCUT2D eigenvalue weighted by atomic mass is 35.5. The van der Waals surface area contributed by atoms with Crippen LogP contribution < -0.4 is 10.2 Å². The van der Waals surface area contributed by atoms with Crippen LogP contribution in [-0.2, 0) is 11.0 Å². The number of anilines is 2. The molecule has 0 aliphatic carbocycles. The largest absolute Gasteiger partial charge is 0.416 e. The molecule has 1 aliphatic rings. The number of carbonyl (C=O) groups is 1. The van der Waals surface area contributed by atoms with Crippen LogP contribution in [0.3, 0.4) is 0 Å². The van der Waals surface area contributed by atoms with Gasteiger partial charge in [0.15, 0.2) is 0 Å². The van der Waals surface area contributed by atoms with Crippen molar-refractivity contribution in [3.05, 3.63) is 23.8 Å². The zero-order valence-corrected chi connectivity index (χ0v) is 13.5. The first-order valence-corrected chi connectivity index (χ1v) is 8.27. The summed E-state index contributed by atoms with van der Waals surface area (Å²) in [5.74, 6) is 0.0258. The first kappa shape index (κ1) is 17.9. The highest BCUT2D eigenvalue weighted by Gasteiger charge is 2.31. The van der Waals surface area contributed by atoms with Crippen LogP contribution in [-0.4, -0.2) is 24.9 Å². The Kier molecular flexibility index (Phi) is 6.16. The normalized spacial score (nSPS) is 15.6. The number of hydrogen-bond acceptors (Lipinski definition) is 2. The molecule has 1 heterocycles. The first-order chi connectivity index (χ1) is 10.9. The van der Waals surface area contributed by atoms with Gasteiger partial charge in [-0.1, -0.05) is 0 Å². The van der Waals surface area contributed by atoms with Crippen molar-refractivity contribution in [1.82, 2.24) is 0 Å². The molecule has 0 atom stereocenters. The van der Waals surface area contributed by atoms with Crippen LogP contribution in [0.4, 0.5) is 24.5 Å². The van der Waals surface area contributed by atoms with Gasteiger partial charge in [-0.25, -0.2) is 0 Å². The van der Waals surface area contributed by atoms with Crippen molar-refractivity contribution in [3.8, 4) is 0 Å². The van der Waals surface area contributed by atoms with Crippen molar-refractivity contribution in [1.29, 1.82) is 0 Å². The lowest BCUT2D eigenvalue weighted by Crippen LogP contribution is -2.30. The summed E-state index contributed by atoms with van der Waals surface area (Å²) >= 11 is 5.55. The quantitative estimate of drug-likeness (QED) is 0.785. The number of rotatable bonds is 5. The van der Waals surface area contributed by atoms with Gasteiger partial charge in [0, 0.05) is 25.4 Å². The third kappa shape index (κ3) is 5.03. The van der Waals surface area contributed by atoms with Crippen LogP contribution in [0.5, 0.6) is 0 Å². The Morgan fingerprint density at radius 1 is 1.22 bits per heavy atom. The van der Waals surface area contributed by atoms with Gasteiger partial charge in [0.2, 0.25) is 5.91 Å². The Balaban J connectivity index is 2.27. The fourth-order valence-electron chi connectivity index (χ4n) is 2.66. The van der Waals surface area contributed by atoms with E-state index in [4.69, 9.17) is 11.6 Å². The Morgan fingerprint density at radius 3 is 2.52 bits per heavy atom. The van der Waals surface area contributed by atoms with Crippen molar-refractivity contribution >= 4 is 28.9 Å². The highest BCUT2D eigenvalue weighted by molar-refractivity contribution is 6.18. The van der Waals surface area contributed by atoms with Crippen molar-refractivity contribution in [2.45, 2.75) is 38.3 Å². The number of carbonyl (C=O) groups excluding carboxylic acids is 1. The standard InChI is InChI=1S/C16H20ClF3N2O/c17-8-4-5-15(23)21-13-11-12(16(18,19)20)6-7-14(13)22-9-2-1-3-10-22/h6-7,11H,1-5,8-10H2,(H,21,23). The molecule has 1 aromatic rings. The van der Waals surface area contributed by atoms with Crippen molar-refractivity contribution in [3.63, 3.8) is 0 Å². The van der Waals surface area contributed by atoms with E-state index in [9.17, 15) is 18.0 Å². The van der Waals surface area contributed by atoms with Gasteiger partial charge in [-0.2, -0.15) is 13.2 Å². The summed E-state index contributed by atoms with van der Waals surface area (Å²) < 4.78 is 38.8. The van der Waals surface area contributed by atoms with E-state index in [0.29, 0.717) is 18.0 Å². The molecule has 1 amide bonds. The van der Waals surface area contributed by atoms with Gasteiger partial charge in [-0.15, -0.1) is 11.6 Å². The van der Waals surface area contributed by atoms with Crippen LogP contribution in [0.2, 0.25) is 0 Å². The van der Waals surface area contributed by atoms with Gasteiger partial charge < -0.3 is 10.2 Å². The van der Waals surface area contributed by atoms with Gasteiger partial charge in [-0.05, 0) is 43.9 Å². The van der Waals surface area contributed by atoms with Crippen LogP contribution in [0.15, 0.2) is 18.2 Å². The molecule has 1 N–H and O–H groups in total. The maximum absolute atomic E-state index is 12.9. The lowest BCUT2D eigenvalue weighted by molar-refractivity contribution is -0.137. The summed E-state index contributed by atoms with van der Waals surface area (Å²) in [5.41, 5.74) is 0.115. The van der Waals surface area contributed by atoms with Crippen LogP contribution in [0, 0.1) is 0 Å². The Hall–Kier alpha value is -1.43. The number of amides is 1. The summed E-state index contributed by atoms with van der Waals surface area (Å²) in [6, 6.07) is 3.53. The van der Waals surface area contributed by atoms with E-state index in [-0.39, 0.29) is 18.0 Å². The van der Waals surface area contributed by atoms with Gasteiger partial charge in [0.05, 0.1) is 16.9 Å². The Labute approximate surface area is 138 Å². The minimum Gasteiger partial charge on any atom is -0.370 e. The number of alkyl halides is 4. The molecule has 0 radical (unpaired) electrons. The molecule has 0 saturated carbocycles. The second-order valence-corrected chi connectivity index (χ2v) is 6.00. The lowest BCUT2D eigenvalue weighted by atomic mass is 10.1. The average molecular weight is 349 g/mol. The van der Waals surface area contributed by atoms with Crippen LogP contribution in [0.1, 0.15) is 37.7 Å². The molecule has 0 spiro atoms. The van der Waals surface area contributed by atoms with E-state index in [0.717, 1.165) is 44.5 Å². The van der Waals surface area contributed by atoms with Gasteiger partial charge >= 0.3 is 6.18 Å². The maximum Gasteiger partial charge on any atom is 0.416 e. The van der Waals surface area contributed by atoms with Gasteiger partial charge in [0.25, 0.3) is 0 Å². The summed E-state index contributed by atoms with van der Waals surface area (Å²) in [4.78, 5) is 13.9. The summed E-state index contributed by atoms with van der Waals surface area (Å²) in [7, 11) is 0. The summed E-state index contributed by atoms with van der Waals surface area (Å²) in [6.07, 6.45) is -0.628. The van der Waals surface area contributed by atoms with E-state index in [1.165, 1.54) is 6.07 Å². The second kappa shape index (κ2) is 7.90. The third-order valence-electron chi connectivity index (χ3n) is 3.83. The molecular formula is C16H20ClF3N2O. The molecular weight excluding hydrogens is 329 g/mol. The van der Waals surface area contributed by atoms with E-state index in [2.05, 4.69) is 5.32 Å². The molecule has 1 fully saturated rings. The molecule has 0 unspecified atom stereocenters. The maximum atomic E-state index is 12.9. The molecule has 1 aromatic carbocycles. The number of halogens is 4. The SMILES string of the molecule is O=C(CCCCl)Nc1cc(C(F)(F)F)ccc1N1CCCCC1. The smallest absolute Gasteiger partial charge is 0.370 e. The lowest BCUT2D eigenvalue weighted by Gasteiger charge is -2.31. The average Bonchev–Trinajstić information content (AvgIpc) is 2.53. The van der Waals surface area contributed by atoms with E-state index < -0.39 is 11.7 Å². The highest BCUT2D eigenvalue weighted by Crippen LogP contribution is 2.36. The van der Waals surface area contributed by atoms with E-state index in [1.807, 2.05) is 4.90 Å². The molecule has 1 aliphatic heterocycles. The second-order valence-electron chi connectivity index (χ2n) is 5.62. The molecule has 1 saturated heterocycles. The van der Waals surface area contributed by atoms with Gasteiger partial charge in [0.1, 0.15) is 0 Å². The third-order valence-corrected chi connectivity index (χ3v) is 4.10. The van der Waals surface area contributed by atoms with E-state index >= 15 is 0 Å². The fourth-order valence-corrected chi connectivity index (χ4v) is 2.80. The predicted octanol–water partition coefficient (Wildman–Crippen LogP) is 4.65. The number of nitrogens with zero attached hydrogens (tertiary/aromatic N) is 1. The summed E-state index contributed by atoms with van der Waals surface area (Å²) in [6.45, 7) is 1.58. The molecule has 0 bridgehead atoms. The zero-order chi connectivity index (χ0) is 16.9. The summed E-state index contributed by atoms with van der Waals surface area (Å²) in [5, 5.41) is 2.62. The molecule has 0 aromatic heterocycles. The molecule has 2 rings (SSSR count). The fraction of sp³-hybridized carbons (Fsp3) is 0.562. The number of hydrogen-bond donors (Lipinski definition) is 1. The van der Waals surface area contributed by atoms with Gasteiger partial charge in [-0.3, -0.25) is 4.79 Å². The van der Waals surface area contributed by atoms with E-state index in [1.54, 1.807) is 0 Å². The number of benzene rings is 1. The molecule has 7 heteroatoms. The monoisotopic (exact) mass is 348 g/mol. The zero-order valence-electron chi connectivity index (χ0n) is 12.8. The minimum atomic E-state index is -4.43. The number of piperidine rings is 1.